The van der Waals surface area contributed by atoms with Gasteiger partial charge >= 0.3 is 161 Å². The Morgan fingerprint density at radius 2 is 1.80 bits per heavy atom. The summed E-state index contributed by atoms with van der Waals surface area (Å²) >= 11 is -1.98. The summed E-state index contributed by atoms with van der Waals surface area (Å²) in [6.07, 6.45) is 14.2. The number of benzene rings is 1. The summed E-state index contributed by atoms with van der Waals surface area (Å²) in [5.41, 5.74) is 8.13. The molecule has 3 aliphatic carbocycles. The zero-order valence-corrected chi connectivity index (χ0v) is 18.2. The van der Waals surface area contributed by atoms with Crippen LogP contribution < -0.4 is 0 Å². The van der Waals surface area contributed by atoms with Crippen LogP contribution in [-0.2, 0) is 21.3 Å². The first-order chi connectivity index (χ1) is 12.2. The van der Waals surface area contributed by atoms with Crippen LogP contribution >= 0.6 is 0 Å². The van der Waals surface area contributed by atoms with E-state index in [4.69, 9.17) is 0 Å². The Labute approximate surface area is 160 Å². The summed E-state index contributed by atoms with van der Waals surface area (Å²) in [6, 6.07) is 11.2. The van der Waals surface area contributed by atoms with Crippen LogP contribution in [0, 0.1) is 0 Å². The maximum atomic E-state index is 2.60. The van der Waals surface area contributed by atoms with Crippen LogP contribution in [0.5, 0.6) is 0 Å². The van der Waals surface area contributed by atoms with E-state index >= 15 is 0 Å². The summed E-state index contributed by atoms with van der Waals surface area (Å²) < 4.78 is 4.34. The van der Waals surface area contributed by atoms with Crippen LogP contribution in [0.1, 0.15) is 58.4 Å². The van der Waals surface area contributed by atoms with Gasteiger partial charge in [-0.1, -0.05) is 0 Å². The van der Waals surface area contributed by atoms with Gasteiger partial charge in [-0.25, -0.2) is 0 Å². The van der Waals surface area contributed by atoms with Crippen LogP contribution in [0.15, 0.2) is 74.1 Å². The molecule has 0 aliphatic heterocycles. The standard InChI is InChI=1S/C9H11.C8H8.C7H9.Zr/c1-2-5-9-7-3-6-8(9)4-1;1-2-8-6-4-3-5-7-8;1-6-4-3-5-7(6)2;/h3,6-7H,1-2,4-5H2;3-7H,1H3;4H,3H2,1-2H3;. The van der Waals surface area contributed by atoms with E-state index in [1.807, 2.05) is 8.85 Å². The fourth-order valence-corrected chi connectivity index (χ4v) is 13.7. The molecular formula is C24H28Zr. The predicted octanol–water partition coefficient (Wildman–Crippen LogP) is 6.70. The first kappa shape index (κ1) is 17.4. The van der Waals surface area contributed by atoms with Gasteiger partial charge in [-0.3, -0.25) is 0 Å². The van der Waals surface area contributed by atoms with E-state index < -0.39 is 21.3 Å². The molecule has 0 heterocycles. The van der Waals surface area contributed by atoms with Crippen molar-refractivity contribution in [3.05, 3.63) is 79.7 Å². The third kappa shape index (κ3) is 3.21. The van der Waals surface area contributed by atoms with E-state index in [1.165, 1.54) is 43.2 Å². The molecule has 0 bridgehead atoms. The molecule has 1 atom stereocenters. The van der Waals surface area contributed by atoms with Gasteiger partial charge < -0.3 is 0 Å². The molecule has 0 fully saturated rings. The molecule has 25 heavy (non-hydrogen) atoms. The quantitative estimate of drug-likeness (QED) is 0.523. The molecule has 3 aliphatic rings. The number of allylic oxidation sites excluding steroid dienone is 8. The van der Waals surface area contributed by atoms with Crippen molar-refractivity contribution in [2.24, 2.45) is 0 Å². The Kier molecular flexibility index (Phi) is 5.05. The molecule has 128 valence electrons. The molecule has 1 aromatic carbocycles. The van der Waals surface area contributed by atoms with E-state index in [-0.39, 0.29) is 0 Å². The molecule has 4 rings (SSSR count). The summed E-state index contributed by atoms with van der Waals surface area (Å²) in [4.78, 5) is 0. The van der Waals surface area contributed by atoms with Crippen molar-refractivity contribution in [3.63, 3.8) is 0 Å². The molecule has 0 spiro atoms. The van der Waals surface area contributed by atoms with Gasteiger partial charge in [-0.15, -0.1) is 0 Å². The van der Waals surface area contributed by atoms with Crippen LogP contribution in [0.4, 0.5) is 0 Å². The van der Waals surface area contributed by atoms with E-state index in [1.54, 1.807) is 14.4 Å². The molecule has 0 saturated carbocycles. The molecule has 1 unspecified atom stereocenters. The fraction of sp³-hybridized carbons (Fsp3) is 0.375. The van der Waals surface area contributed by atoms with Crippen molar-refractivity contribution in [1.29, 1.82) is 0 Å². The van der Waals surface area contributed by atoms with Crippen molar-refractivity contribution in [2.45, 2.75) is 56.5 Å². The predicted molar refractivity (Wildman–Crippen MR) is 106 cm³/mol. The minimum absolute atomic E-state index is 0.766. The van der Waals surface area contributed by atoms with E-state index in [2.05, 4.69) is 69.3 Å². The second-order valence-electron chi connectivity index (χ2n) is 7.69. The molecule has 0 radical (unpaired) electrons. The molecule has 0 nitrogen and oxygen atoms in total. The van der Waals surface area contributed by atoms with Crippen LogP contribution in [0.3, 0.4) is 0 Å². The first-order valence-corrected chi connectivity index (χ1v) is 13.6. The van der Waals surface area contributed by atoms with E-state index in [0.717, 1.165) is 3.63 Å². The monoisotopic (exact) mass is 406 g/mol. The van der Waals surface area contributed by atoms with Gasteiger partial charge in [0.25, 0.3) is 0 Å². The van der Waals surface area contributed by atoms with E-state index in [0.29, 0.717) is 0 Å². The molecule has 0 amide bonds. The van der Waals surface area contributed by atoms with Gasteiger partial charge in [0.2, 0.25) is 0 Å². The first-order valence-electron chi connectivity index (χ1n) is 9.70. The Morgan fingerprint density at radius 1 is 1.04 bits per heavy atom. The topological polar surface area (TPSA) is 0 Å². The van der Waals surface area contributed by atoms with Crippen molar-refractivity contribution in [3.8, 4) is 0 Å². The van der Waals surface area contributed by atoms with Gasteiger partial charge in [0, 0.05) is 0 Å². The van der Waals surface area contributed by atoms with Crippen molar-refractivity contribution in [2.75, 3.05) is 0 Å². The minimum atomic E-state index is -1.98. The zero-order valence-electron chi connectivity index (χ0n) is 15.7. The van der Waals surface area contributed by atoms with Crippen molar-refractivity contribution < 1.29 is 21.3 Å². The average molecular weight is 408 g/mol. The van der Waals surface area contributed by atoms with Crippen LogP contribution in [-0.4, -0.2) is 3.21 Å². The average Bonchev–Trinajstić information content (AvgIpc) is 3.22. The SMILES string of the molecule is CC1=CC[C](/[Zr](=[C](/C)c2ccccc2)[CH]2C=CC3=C2CCCC3)=C1C. The second-order valence-corrected chi connectivity index (χ2v) is 14.6. The number of hydrogen-bond donors (Lipinski definition) is 0. The third-order valence-corrected chi connectivity index (χ3v) is 14.9. The summed E-state index contributed by atoms with van der Waals surface area (Å²) in [5.74, 6) is 0. The molecular weight excluding hydrogens is 379 g/mol. The summed E-state index contributed by atoms with van der Waals surface area (Å²) in [5, 5.41) is 0. The van der Waals surface area contributed by atoms with Gasteiger partial charge in [0.05, 0.1) is 0 Å². The van der Waals surface area contributed by atoms with E-state index in [9.17, 15) is 0 Å². The van der Waals surface area contributed by atoms with Crippen molar-refractivity contribution in [1.82, 2.24) is 0 Å². The van der Waals surface area contributed by atoms with Gasteiger partial charge in [0.15, 0.2) is 0 Å². The Morgan fingerprint density at radius 3 is 2.52 bits per heavy atom. The third-order valence-electron chi connectivity index (χ3n) is 6.32. The second kappa shape index (κ2) is 7.28. The summed E-state index contributed by atoms with van der Waals surface area (Å²) in [7, 11) is 0. The van der Waals surface area contributed by atoms with Crippen LogP contribution in [0.2, 0.25) is 3.63 Å². The Bertz CT molecular complexity index is 843. The Balaban J connectivity index is 1.87. The molecule has 1 heteroatoms. The molecule has 0 aromatic heterocycles. The zero-order chi connectivity index (χ0) is 17.4. The molecule has 1 aromatic rings. The fourth-order valence-electron chi connectivity index (χ4n) is 4.70. The van der Waals surface area contributed by atoms with Gasteiger partial charge in [-0.2, -0.15) is 0 Å². The van der Waals surface area contributed by atoms with Crippen LogP contribution in [0.25, 0.3) is 0 Å². The summed E-state index contributed by atoms with van der Waals surface area (Å²) in [6.45, 7) is 7.13. The van der Waals surface area contributed by atoms with Gasteiger partial charge in [-0.05, 0) is 0 Å². The van der Waals surface area contributed by atoms with Gasteiger partial charge in [0.1, 0.15) is 0 Å². The molecule has 0 N–H and O–H groups in total. The Hall–Kier alpha value is -1.07. The number of rotatable bonds is 3. The number of hydrogen-bond acceptors (Lipinski definition) is 0. The normalized spacial score (nSPS) is 23.8. The van der Waals surface area contributed by atoms with Crippen molar-refractivity contribution >= 4 is 3.21 Å². The molecule has 0 saturated heterocycles. The maximum absolute atomic E-state index is 2.60.